The predicted octanol–water partition coefficient (Wildman–Crippen LogP) is 2.93. The average Bonchev–Trinajstić information content (AvgIpc) is 2.94. The topological polar surface area (TPSA) is 43.0 Å². The van der Waals surface area contributed by atoms with E-state index in [0.717, 1.165) is 30.0 Å². The molecule has 18 heavy (non-hydrogen) atoms. The van der Waals surface area contributed by atoms with E-state index < -0.39 is 0 Å². The summed E-state index contributed by atoms with van der Waals surface area (Å²) in [7, 11) is 1.90. The van der Waals surface area contributed by atoms with Gasteiger partial charge in [0.25, 0.3) is 0 Å². The summed E-state index contributed by atoms with van der Waals surface area (Å²) in [5.41, 5.74) is 2.10. The number of nitrogens with zero attached hydrogens (tertiary/aromatic N) is 2. The van der Waals surface area contributed by atoms with Gasteiger partial charge >= 0.3 is 0 Å². The Hall–Kier alpha value is -1.26. The molecule has 0 amide bonds. The van der Waals surface area contributed by atoms with Gasteiger partial charge in [0, 0.05) is 19.0 Å². The highest BCUT2D eigenvalue weighted by atomic mass is 35.5. The van der Waals surface area contributed by atoms with E-state index in [9.17, 15) is 0 Å². The van der Waals surface area contributed by atoms with E-state index in [2.05, 4.69) is 24.3 Å². The van der Waals surface area contributed by atoms with Crippen LogP contribution in [0.2, 0.25) is 5.02 Å². The van der Waals surface area contributed by atoms with Crippen molar-refractivity contribution in [2.45, 2.75) is 26.3 Å². The van der Waals surface area contributed by atoms with Gasteiger partial charge in [-0.3, -0.25) is 4.68 Å². The molecular weight excluding hydrogens is 250 g/mol. The van der Waals surface area contributed by atoms with Crippen molar-refractivity contribution in [3.63, 3.8) is 0 Å². The Bertz CT molecular complexity index is 499. The molecule has 2 aromatic heterocycles. The second-order valence-electron chi connectivity index (χ2n) is 4.14. The Labute approximate surface area is 112 Å². The lowest BCUT2D eigenvalue weighted by atomic mass is 10.0. The van der Waals surface area contributed by atoms with Crippen molar-refractivity contribution >= 4 is 11.6 Å². The molecule has 2 aromatic rings. The number of halogens is 1. The lowest BCUT2D eigenvalue weighted by Crippen LogP contribution is -2.25. The molecule has 98 valence electrons. The fourth-order valence-electron chi connectivity index (χ4n) is 2.20. The van der Waals surface area contributed by atoms with Gasteiger partial charge in [-0.05, 0) is 12.6 Å². The molecule has 2 rings (SSSR count). The fraction of sp³-hybridized carbons (Fsp3) is 0.462. The zero-order chi connectivity index (χ0) is 13.1. The van der Waals surface area contributed by atoms with E-state index in [-0.39, 0.29) is 6.04 Å². The number of rotatable bonds is 5. The quantitative estimate of drug-likeness (QED) is 0.906. The van der Waals surface area contributed by atoms with Crippen molar-refractivity contribution in [1.82, 2.24) is 15.1 Å². The summed E-state index contributed by atoms with van der Waals surface area (Å²) in [5, 5.41) is 8.31. The summed E-state index contributed by atoms with van der Waals surface area (Å²) in [6.07, 6.45) is 4.26. The number of hydrogen-bond acceptors (Lipinski definition) is 3. The summed E-state index contributed by atoms with van der Waals surface area (Å²) in [5.74, 6) is 0.984. The van der Waals surface area contributed by atoms with Crippen LogP contribution in [0.15, 0.2) is 22.9 Å². The van der Waals surface area contributed by atoms with Gasteiger partial charge in [0.2, 0.25) is 0 Å². The van der Waals surface area contributed by atoms with Crippen molar-refractivity contribution in [2.75, 3.05) is 6.54 Å². The van der Waals surface area contributed by atoms with Gasteiger partial charge in [-0.15, -0.1) is 0 Å². The predicted molar refractivity (Wildman–Crippen MR) is 71.8 cm³/mol. The van der Waals surface area contributed by atoms with Crippen molar-refractivity contribution in [3.8, 4) is 0 Å². The second-order valence-corrected chi connectivity index (χ2v) is 4.55. The highest BCUT2D eigenvalue weighted by Crippen LogP contribution is 2.30. The highest BCUT2D eigenvalue weighted by Gasteiger charge is 2.23. The minimum Gasteiger partial charge on any atom is -0.469 e. The molecule has 5 heteroatoms. The van der Waals surface area contributed by atoms with E-state index >= 15 is 0 Å². The van der Waals surface area contributed by atoms with Gasteiger partial charge < -0.3 is 9.73 Å². The Morgan fingerprint density at radius 2 is 2.28 bits per heavy atom. The van der Waals surface area contributed by atoms with Gasteiger partial charge in [-0.1, -0.05) is 25.4 Å². The van der Waals surface area contributed by atoms with Crippen LogP contribution >= 0.6 is 11.6 Å². The highest BCUT2D eigenvalue weighted by molar-refractivity contribution is 6.31. The second kappa shape index (κ2) is 5.59. The Morgan fingerprint density at radius 3 is 2.83 bits per heavy atom. The van der Waals surface area contributed by atoms with Crippen LogP contribution in [0, 0.1) is 0 Å². The summed E-state index contributed by atoms with van der Waals surface area (Å²) in [4.78, 5) is 0. The first-order chi connectivity index (χ1) is 8.69. The molecule has 0 radical (unpaired) electrons. The fourth-order valence-corrected chi connectivity index (χ4v) is 2.47. The Balaban J connectivity index is 2.46. The molecule has 1 atom stereocenters. The molecule has 0 saturated heterocycles. The van der Waals surface area contributed by atoms with Gasteiger partial charge in [0.1, 0.15) is 5.76 Å². The lowest BCUT2D eigenvalue weighted by Gasteiger charge is -2.18. The third-order valence-corrected chi connectivity index (χ3v) is 3.32. The third kappa shape index (κ3) is 2.31. The maximum Gasteiger partial charge on any atom is 0.108 e. The van der Waals surface area contributed by atoms with Crippen molar-refractivity contribution < 1.29 is 4.42 Å². The smallest absolute Gasteiger partial charge is 0.108 e. The summed E-state index contributed by atoms with van der Waals surface area (Å²) in [6.45, 7) is 5.00. The summed E-state index contributed by atoms with van der Waals surface area (Å²) in [6, 6.07) is 2.01. The average molecular weight is 268 g/mol. The molecule has 1 N–H and O–H groups in total. The standard InChI is InChI=1S/C13H18ClN3O/c1-4-11-9(6-7-18-11)12(15-5-2)13-10(14)8-16-17(13)3/h6-8,12,15H,4-5H2,1-3H3. The number of furan rings is 1. The first-order valence-corrected chi connectivity index (χ1v) is 6.53. The van der Waals surface area contributed by atoms with Crippen LogP contribution in [-0.4, -0.2) is 16.3 Å². The minimum absolute atomic E-state index is 0.0173. The molecule has 0 fully saturated rings. The number of aryl methyl sites for hydroxylation is 2. The Morgan fingerprint density at radius 1 is 1.50 bits per heavy atom. The zero-order valence-corrected chi connectivity index (χ0v) is 11.7. The van der Waals surface area contributed by atoms with Crippen LogP contribution in [-0.2, 0) is 13.5 Å². The van der Waals surface area contributed by atoms with Crippen molar-refractivity contribution in [1.29, 1.82) is 0 Å². The van der Waals surface area contributed by atoms with Gasteiger partial charge in [0.15, 0.2) is 0 Å². The molecule has 2 heterocycles. The molecule has 0 bridgehead atoms. The third-order valence-electron chi connectivity index (χ3n) is 3.03. The van der Waals surface area contributed by atoms with Crippen molar-refractivity contribution in [2.24, 2.45) is 7.05 Å². The zero-order valence-electron chi connectivity index (χ0n) is 10.9. The van der Waals surface area contributed by atoms with Crippen molar-refractivity contribution in [3.05, 3.63) is 40.6 Å². The van der Waals surface area contributed by atoms with E-state index in [1.54, 1.807) is 12.5 Å². The normalized spacial score (nSPS) is 12.9. The molecule has 0 aliphatic heterocycles. The van der Waals surface area contributed by atoms with Crippen LogP contribution < -0.4 is 5.32 Å². The number of aromatic nitrogens is 2. The largest absolute Gasteiger partial charge is 0.469 e. The molecule has 0 aliphatic carbocycles. The minimum atomic E-state index is 0.0173. The van der Waals surface area contributed by atoms with Crippen LogP contribution in [0.25, 0.3) is 0 Å². The van der Waals surface area contributed by atoms with E-state index in [1.807, 2.05) is 17.8 Å². The molecule has 0 saturated carbocycles. The molecule has 0 aliphatic rings. The summed E-state index contributed by atoms with van der Waals surface area (Å²) >= 11 is 6.23. The van der Waals surface area contributed by atoms with E-state index in [1.165, 1.54) is 0 Å². The first kappa shape index (κ1) is 13.2. The molecule has 0 aromatic carbocycles. The van der Waals surface area contributed by atoms with Gasteiger partial charge in [-0.2, -0.15) is 5.10 Å². The van der Waals surface area contributed by atoms with Gasteiger partial charge in [-0.25, -0.2) is 0 Å². The Kier molecular flexibility index (Phi) is 4.09. The molecular formula is C13H18ClN3O. The molecule has 4 nitrogen and oxygen atoms in total. The van der Waals surface area contributed by atoms with Gasteiger partial charge in [0.05, 0.1) is 29.2 Å². The maximum atomic E-state index is 6.23. The van der Waals surface area contributed by atoms with Crippen LogP contribution in [0.4, 0.5) is 0 Å². The monoisotopic (exact) mass is 267 g/mol. The number of hydrogen-bond donors (Lipinski definition) is 1. The molecule has 0 spiro atoms. The van der Waals surface area contributed by atoms with E-state index in [0.29, 0.717) is 5.02 Å². The van der Waals surface area contributed by atoms with Crippen LogP contribution in [0.3, 0.4) is 0 Å². The van der Waals surface area contributed by atoms with Crippen LogP contribution in [0.1, 0.15) is 36.9 Å². The van der Waals surface area contributed by atoms with Crippen LogP contribution in [0.5, 0.6) is 0 Å². The summed E-state index contributed by atoms with van der Waals surface area (Å²) < 4.78 is 7.31. The lowest BCUT2D eigenvalue weighted by molar-refractivity contribution is 0.496. The maximum absolute atomic E-state index is 6.23. The molecule has 1 unspecified atom stereocenters. The first-order valence-electron chi connectivity index (χ1n) is 6.16. The number of nitrogens with one attached hydrogen (secondary N) is 1. The van der Waals surface area contributed by atoms with E-state index in [4.69, 9.17) is 16.0 Å². The SMILES string of the molecule is CCNC(c1ccoc1CC)c1c(Cl)cnn1C.